The molecule has 1 spiro atoms. The van der Waals surface area contributed by atoms with Crippen molar-refractivity contribution in [2.24, 2.45) is 11.3 Å². The third-order valence-electron chi connectivity index (χ3n) is 4.42. The van der Waals surface area contributed by atoms with Gasteiger partial charge in [-0.1, -0.05) is 18.6 Å². The zero-order valence-electron chi connectivity index (χ0n) is 11.4. The molecule has 2 fully saturated rings. The third-order valence-corrected chi connectivity index (χ3v) is 4.42. The number of hydrogen-bond donors (Lipinski definition) is 1. The minimum Gasteiger partial charge on any atom is -0.381 e. The second kappa shape index (κ2) is 6.01. The first-order valence-corrected chi connectivity index (χ1v) is 7.21. The molecule has 17 heavy (non-hydrogen) atoms. The molecule has 1 aliphatic heterocycles. The van der Waals surface area contributed by atoms with Gasteiger partial charge in [0.15, 0.2) is 0 Å². The highest BCUT2D eigenvalue weighted by molar-refractivity contribution is 5.11. The summed E-state index contributed by atoms with van der Waals surface area (Å²) in [5.41, 5.74) is 2.28. The van der Waals surface area contributed by atoms with E-state index in [-0.39, 0.29) is 0 Å². The van der Waals surface area contributed by atoms with E-state index < -0.39 is 0 Å². The molecule has 2 aliphatic rings. The van der Waals surface area contributed by atoms with Gasteiger partial charge >= 0.3 is 0 Å². The van der Waals surface area contributed by atoms with Crippen molar-refractivity contribution in [3.05, 3.63) is 11.6 Å². The van der Waals surface area contributed by atoms with Gasteiger partial charge < -0.3 is 10.1 Å². The van der Waals surface area contributed by atoms with Crippen molar-refractivity contribution < 1.29 is 4.74 Å². The molecule has 1 heterocycles. The topological polar surface area (TPSA) is 21.3 Å². The number of rotatable bonds is 6. The van der Waals surface area contributed by atoms with Gasteiger partial charge in [-0.15, -0.1) is 0 Å². The zero-order chi connectivity index (χ0) is 12.1. The van der Waals surface area contributed by atoms with E-state index in [0.717, 1.165) is 32.0 Å². The van der Waals surface area contributed by atoms with E-state index in [2.05, 4.69) is 25.2 Å². The summed E-state index contributed by atoms with van der Waals surface area (Å²) in [5, 5.41) is 3.43. The van der Waals surface area contributed by atoms with Gasteiger partial charge in [0, 0.05) is 19.7 Å². The van der Waals surface area contributed by atoms with E-state index in [0.29, 0.717) is 5.41 Å². The number of hydrogen-bond acceptors (Lipinski definition) is 2. The minimum atomic E-state index is 0.679. The molecular formula is C15H27NO. The Kier molecular flexibility index (Phi) is 4.63. The summed E-state index contributed by atoms with van der Waals surface area (Å²) in [6.07, 6.45) is 8.88. The molecule has 0 aromatic carbocycles. The molecule has 0 amide bonds. The van der Waals surface area contributed by atoms with Crippen LogP contribution in [0.2, 0.25) is 0 Å². The van der Waals surface area contributed by atoms with E-state index in [4.69, 9.17) is 4.74 Å². The van der Waals surface area contributed by atoms with Gasteiger partial charge in [-0.2, -0.15) is 0 Å². The standard InChI is InChI=1S/C15H27NO/c1-3-8-17-9-4-5-13(2)14-6-7-15(10-14)11-16-12-15/h5,14,16H,3-4,6-12H2,1-2H3/b13-5-. The van der Waals surface area contributed by atoms with Crippen LogP contribution in [0, 0.1) is 11.3 Å². The first-order chi connectivity index (χ1) is 8.26. The predicted octanol–water partition coefficient (Wildman–Crippen LogP) is 3.14. The van der Waals surface area contributed by atoms with Crippen LogP contribution in [0.15, 0.2) is 11.6 Å². The average molecular weight is 237 g/mol. The van der Waals surface area contributed by atoms with Crippen LogP contribution >= 0.6 is 0 Å². The van der Waals surface area contributed by atoms with Crippen molar-refractivity contribution in [2.45, 2.75) is 46.0 Å². The monoisotopic (exact) mass is 237 g/mol. The van der Waals surface area contributed by atoms with E-state index in [1.165, 1.54) is 32.4 Å². The molecule has 98 valence electrons. The van der Waals surface area contributed by atoms with Gasteiger partial charge in [-0.25, -0.2) is 0 Å². The van der Waals surface area contributed by atoms with Crippen molar-refractivity contribution in [3.63, 3.8) is 0 Å². The van der Waals surface area contributed by atoms with E-state index >= 15 is 0 Å². The zero-order valence-corrected chi connectivity index (χ0v) is 11.4. The summed E-state index contributed by atoms with van der Waals surface area (Å²) >= 11 is 0. The lowest BCUT2D eigenvalue weighted by Crippen LogP contribution is -2.51. The molecule has 0 bridgehead atoms. The molecule has 2 nitrogen and oxygen atoms in total. The van der Waals surface area contributed by atoms with Crippen LogP contribution in [0.4, 0.5) is 0 Å². The Morgan fingerprint density at radius 2 is 2.24 bits per heavy atom. The van der Waals surface area contributed by atoms with Crippen molar-refractivity contribution in [1.82, 2.24) is 5.32 Å². The summed E-state index contributed by atoms with van der Waals surface area (Å²) in [7, 11) is 0. The number of nitrogens with one attached hydrogen (secondary N) is 1. The fourth-order valence-corrected chi connectivity index (χ4v) is 3.18. The van der Waals surface area contributed by atoms with Gasteiger partial charge in [0.1, 0.15) is 0 Å². The number of allylic oxidation sites excluding steroid dienone is 1. The Labute approximate surface area is 106 Å². The maximum absolute atomic E-state index is 5.51. The van der Waals surface area contributed by atoms with Crippen LogP contribution in [0.1, 0.15) is 46.0 Å². The fraction of sp³-hybridized carbons (Fsp3) is 0.867. The molecule has 1 aliphatic carbocycles. The lowest BCUT2D eigenvalue weighted by molar-refractivity contribution is 0.139. The van der Waals surface area contributed by atoms with E-state index in [1.54, 1.807) is 5.57 Å². The van der Waals surface area contributed by atoms with Gasteiger partial charge in [0.25, 0.3) is 0 Å². The Morgan fingerprint density at radius 3 is 2.82 bits per heavy atom. The van der Waals surface area contributed by atoms with Crippen molar-refractivity contribution in [1.29, 1.82) is 0 Å². The quantitative estimate of drug-likeness (QED) is 0.566. The maximum Gasteiger partial charge on any atom is 0.0500 e. The molecule has 1 saturated heterocycles. The highest BCUT2D eigenvalue weighted by Gasteiger charge is 2.43. The van der Waals surface area contributed by atoms with Crippen LogP contribution < -0.4 is 5.32 Å². The van der Waals surface area contributed by atoms with Crippen molar-refractivity contribution >= 4 is 0 Å². The molecule has 0 aromatic heterocycles. The Morgan fingerprint density at radius 1 is 1.41 bits per heavy atom. The average Bonchev–Trinajstić information content (AvgIpc) is 2.73. The lowest BCUT2D eigenvalue weighted by atomic mass is 9.79. The smallest absolute Gasteiger partial charge is 0.0500 e. The van der Waals surface area contributed by atoms with Gasteiger partial charge in [-0.3, -0.25) is 0 Å². The largest absolute Gasteiger partial charge is 0.381 e. The minimum absolute atomic E-state index is 0.679. The van der Waals surface area contributed by atoms with Gasteiger partial charge in [0.2, 0.25) is 0 Å². The Bertz CT molecular complexity index is 268. The van der Waals surface area contributed by atoms with Crippen molar-refractivity contribution in [2.75, 3.05) is 26.3 Å². The van der Waals surface area contributed by atoms with Crippen LogP contribution in [0.3, 0.4) is 0 Å². The second-order valence-corrected chi connectivity index (χ2v) is 5.89. The van der Waals surface area contributed by atoms with Gasteiger partial charge in [-0.05, 0) is 50.4 Å². The summed E-state index contributed by atoms with van der Waals surface area (Å²) in [4.78, 5) is 0. The second-order valence-electron chi connectivity index (χ2n) is 5.89. The molecule has 0 radical (unpaired) electrons. The van der Waals surface area contributed by atoms with E-state index in [9.17, 15) is 0 Å². The molecule has 1 N–H and O–H groups in total. The molecule has 1 unspecified atom stereocenters. The molecular weight excluding hydrogens is 210 g/mol. The predicted molar refractivity (Wildman–Crippen MR) is 72.1 cm³/mol. The summed E-state index contributed by atoms with van der Waals surface area (Å²) in [6.45, 7) is 8.80. The third kappa shape index (κ3) is 3.32. The first-order valence-electron chi connectivity index (χ1n) is 7.21. The number of ether oxygens (including phenoxy) is 1. The SMILES string of the molecule is CCCOCC/C=C(/C)C1CCC2(CNC2)C1. The van der Waals surface area contributed by atoms with Crippen LogP contribution in [0.25, 0.3) is 0 Å². The van der Waals surface area contributed by atoms with Crippen LogP contribution in [-0.4, -0.2) is 26.3 Å². The molecule has 2 rings (SSSR count). The molecule has 1 atom stereocenters. The summed E-state index contributed by atoms with van der Waals surface area (Å²) in [5.74, 6) is 0.850. The highest BCUT2D eigenvalue weighted by atomic mass is 16.5. The molecule has 1 saturated carbocycles. The summed E-state index contributed by atoms with van der Waals surface area (Å²) in [6, 6.07) is 0. The lowest BCUT2D eigenvalue weighted by Gasteiger charge is -2.39. The molecule has 0 aromatic rings. The van der Waals surface area contributed by atoms with Crippen LogP contribution in [-0.2, 0) is 4.74 Å². The van der Waals surface area contributed by atoms with Crippen LogP contribution in [0.5, 0.6) is 0 Å². The van der Waals surface area contributed by atoms with E-state index in [1.807, 2.05) is 0 Å². The Hall–Kier alpha value is -0.340. The first kappa shape index (κ1) is 13.1. The fourth-order valence-electron chi connectivity index (χ4n) is 3.18. The Balaban J connectivity index is 1.69. The van der Waals surface area contributed by atoms with Crippen molar-refractivity contribution in [3.8, 4) is 0 Å². The normalized spacial score (nSPS) is 27.4. The maximum atomic E-state index is 5.51. The highest BCUT2D eigenvalue weighted by Crippen LogP contribution is 2.46. The molecule has 2 heteroatoms. The van der Waals surface area contributed by atoms with Gasteiger partial charge in [0.05, 0.1) is 6.61 Å². The summed E-state index contributed by atoms with van der Waals surface area (Å²) < 4.78 is 5.51.